The summed E-state index contributed by atoms with van der Waals surface area (Å²) in [7, 11) is 0. The highest BCUT2D eigenvalue weighted by Gasteiger charge is 2.27. The van der Waals surface area contributed by atoms with Gasteiger partial charge < -0.3 is 4.74 Å². The standard InChI is InChI=1S/C22H19FN2O/c1-2-11-26-20-14-25-19-9-4-3-8-17(19)18-13-16(23)12-15-7-5-6-10-24(20)22(25)21(15)18/h3-6,8-10,12-14H,2,7,11H2,1H3. The van der Waals surface area contributed by atoms with Gasteiger partial charge in [0.25, 0.3) is 0 Å². The van der Waals surface area contributed by atoms with Crippen LogP contribution in [0, 0.1) is 12.1 Å². The van der Waals surface area contributed by atoms with Crippen molar-refractivity contribution in [2.45, 2.75) is 19.8 Å². The lowest BCUT2D eigenvalue weighted by Gasteiger charge is -2.22. The van der Waals surface area contributed by atoms with Crippen molar-refractivity contribution in [3.8, 4) is 5.88 Å². The molecule has 2 aliphatic rings. The molecule has 26 heavy (non-hydrogen) atoms. The molecule has 0 fully saturated rings. The molecule has 0 spiro atoms. The van der Waals surface area contributed by atoms with Crippen LogP contribution in [-0.4, -0.2) is 6.61 Å². The Morgan fingerprint density at radius 2 is 2.15 bits per heavy atom. The smallest absolute Gasteiger partial charge is 0.364 e. The van der Waals surface area contributed by atoms with Gasteiger partial charge in [-0.05, 0) is 12.8 Å². The van der Waals surface area contributed by atoms with E-state index in [4.69, 9.17) is 4.74 Å². The van der Waals surface area contributed by atoms with Gasteiger partial charge in [0, 0.05) is 22.8 Å². The first-order valence-corrected chi connectivity index (χ1v) is 9.00. The predicted octanol–water partition coefficient (Wildman–Crippen LogP) is 2.91. The fraction of sp³-hybridized carbons (Fsp3) is 0.182. The highest BCUT2D eigenvalue weighted by molar-refractivity contribution is 5.83. The van der Waals surface area contributed by atoms with E-state index in [9.17, 15) is 4.39 Å². The molecule has 3 nitrogen and oxygen atoms in total. The lowest BCUT2D eigenvalue weighted by atomic mass is 9.88. The molecule has 0 atom stereocenters. The van der Waals surface area contributed by atoms with Crippen LogP contribution in [-0.2, 0) is 0 Å². The predicted molar refractivity (Wildman–Crippen MR) is 97.8 cm³/mol. The van der Waals surface area contributed by atoms with Crippen LogP contribution < -0.4 is 18.6 Å². The van der Waals surface area contributed by atoms with E-state index in [-0.39, 0.29) is 5.83 Å². The summed E-state index contributed by atoms with van der Waals surface area (Å²) in [4.78, 5) is 0. The minimum atomic E-state index is -0.194. The number of imidazole rings is 1. The largest absolute Gasteiger partial charge is 0.497 e. The van der Waals surface area contributed by atoms with E-state index in [1.165, 1.54) is 0 Å². The van der Waals surface area contributed by atoms with E-state index < -0.39 is 0 Å². The van der Waals surface area contributed by atoms with Crippen molar-refractivity contribution >= 4 is 22.6 Å². The number of pyridine rings is 1. The monoisotopic (exact) mass is 346 g/mol. The number of aromatic nitrogens is 2. The van der Waals surface area contributed by atoms with Crippen molar-refractivity contribution in [3.05, 3.63) is 77.4 Å². The van der Waals surface area contributed by atoms with E-state index in [0.717, 1.165) is 45.6 Å². The van der Waals surface area contributed by atoms with Crippen LogP contribution in [0.3, 0.4) is 0 Å². The molecule has 0 radical (unpaired) electrons. The maximum absolute atomic E-state index is 14.4. The molecule has 1 aliphatic carbocycles. The maximum Gasteiger partial charge on any atom is 0.364 e. The molecule has 4 heteroatoms. The molecular weight excluding hydrogens is 327 g/mol. The Bertz CT molecular complexity index is 1220. The molecule has 1 aromatic carbocycles. The highest BCUT2D eigenvalue weighted by atomic mass is 19.1. The van der Waals surface area contributed by atoms with Gasteiger partial charge in [-0.2, -0.15) is 0 Å². The fourth-order valence-electron chi connectivity index (χ4n) is 3.89. The molecule has 0 saturated heterocycles. The third-order valence-electron chi connectivity index (χ3n) is 4.96. The molecule has 0 unspecified atom stereocenters. The highest BCUT2D eigenvalue weighted by Crippen LogP contribution is 2.28. The minimum absolute atomic E-state index is 0.194. The molecule has 1 aliphatic heterocycles. The van der Waals surface area contributed by atoms with Gasteiger partial charge in [-0.3, -0.25) is 4.39 Å². The van der Waals surface area contributed by atoms with E-state index in [1.54, 1.807) is 12.2 Å². The fourth-order valence-corrected chi connectivity index (χ4v) is 3.89. The van der Waals surface area contributed by atoms with Crippen LogP contribution in [0.25, 0.3) is 22.6 Å². The first kappa shape index (κ1) is 15.3. The van der Waals surface area contributed by atoms with Crippen LogP contribution in [0.5, 0.6) is 5.88 Å². The van der Waals surface area contributed by atoms with Crippen molar-refractivity contribution in [2.24, 2.45) is 0 Å². The molecule has 0 saturated carbocycles. The zero-order valence-corrected chi connectivity index (χ0v) is 14.6. The number of fused-ring (bicyclic) bond motifs is 3. The number of halogens is 1. The molecule has 0 bridgehead atoms. The van der Waals surface area contributed by atoms with Crippen LogP contribution in [0.1, 0.15) is 25.3 Å². The van der Waals surface area contributed by atoms with Crippen molar-refractivity contribution in [3.63, 3.8) is 0 Å². The van der Waals surface area contributed by atoms with E-state index in [1.807, 2.05) is 30.6 Å². The van der Waals surface area contributed by atoms with Gasteiger partial charge >= 0.3 is 11.5 Å². The summed E-state index contributed by atoms with van der Waals surface area (Å²) in [6.07, 6.45) is 13.1. The van der Waals surface area contributed by atoms with Crippen LogP contribution >= 0.6 is 0 Å². The molecule has 3 aromatic rings. The maximum atomic E-state index is 14.4. The van der Waals surface area contributed by atoms with Crippen LogP contribution in [0.15, 0.2) is 54.5 Å². The zero-order valence-electron chi connectivity index (χ0n) is 14.6. The number of hydrogen-bond donors (Lipinski definition) is 0. The Hall–Kier alpha value is -3.01. The summed E-state index contributed by atoms with van der Waals surface area (Å²) >= 11 is 0. The minimum Gasteiger partial charge on any atom is -0.497 e. The zero-order chi connectivity index (χ0) is 17.7. The second-order valence-electron chi connectivity index (χ2n) is 6.67. The van der Waals surface area contributed by atoms with Gasteiger partial charge in [-0.25, -0.2) is 4.24 Å². The van der Waals surface area contributed by atoms with E-state index >= 15 is 0 Å². The number of benzene rings is 1. The summed E-state index contributed by atoms with van der Waals surface area (Å²) in [6, 6.07) is 8.15. The topological polar surface area (TPSA) is 19.2 Å². The van der Waals surface area contributed by atoms with Crippen molar-refractivity contribution in [2.75, 3.05) is 6.61 Å². The molecule has 0 N–H and O–H groups in total. The van der Waals surface area contributed by atoms with Gasteiger partial charge in [0.2, 0.25) is 11.7 Å². The van der Waals surface area contributed by atoms with Gasteiger partial charge in [0.1, 0.15) is 0 Å². The van der Waals surface area contributed by atoms with E-state index in [2.05, 4.69) is 33.8 Å². The number of allylic oxidation sites excluding steroid dienone is 4. The third kappa shape index (κ3) is 2.11. The molecule has 0 amide bonds. The van der Waals surface area contributed by atoms with Crippen molar-refractivity contribution < 1.29 is 17.8 Å². The average Bonchev–Trinajstić information content (AvgIpc) is 2.99. The van der Waals surface area contributed by atoms with Crippen LogP contribution in [0.4, 0.5) is 4.39 Å². The summed E-state index contributed by atoms with van der Waals surface area (Å²) in [6.45, 7) is 2.75. The van der Waals surface area contributed by atoms with E-state index in [0.29, 0.717) is 13.0 Å². The summed E-state index contributed by atoms with van der Waals surface area (Å²) in [5.41, 5.74) is 3.14. The SMILES string of the molecule is CCCO[c-]1c[n+]2c3ccccc3c3c4c2[n+]1=CC=CC[C-]4C=C(F)C=3. The number of nitrogens with zero attached hydrogens (tertiary/aromatic N) is 2. The normalized spacial score (nSPS) is 15.3. The molecule has 5 rings (SSSR count). The first-order valence-electron chi connectivity index (χ1n) is 9.00. The van der Waals surface area contributed by atoms with Gasteiger partial charge in [-0.15, -0.1) is 22.5 Å². The van der Waals surface area contributed by atoms with Gasteiger partial charge in [0.05, 0.1) is 12.8 Å². The Labute approximate surface area is 150 Å². The summed E-state index contributed by atoms with van der Waals surface area (Å²) in [5.74, 6) is 1.60. The Balaban J connectivity index is 2.03. The van der Waals surface area contributed by atoms with Crippen molar-refractivity contribution in [1.29, 1.82) is 0 Å². The number of rotatable bonds is 3. The van der Waals surface area contributed by atoms with Crippen molar-refractivity contribution in [1.82, 2.24) is 0 Å². The number of hydrogen-bond acceptors (Lipinski definition) is 1. The Morgan fingerprint density at radius 3 is 3.04 bits per heavy atom. The average molecular weight is 346 g/mol. The summed E-state index contributed by atoms with van der Waals surface area (Å²) in [5, 5.41) is 1.99. The third-order valence-corrected chi connectivity index (χ3v) is 4.96. The quantitative estimate of drug-likeness (QED) is 0.527. The van der Waals surface area contributed by atoms with Crippen LogP contribution in [0.2, 0.25) is 0 Å². The molecule has 3 heterocycles. The second-order valence-corrected chi connectivity index (χ2v) is 6.67. The summed E-state index contributed by atoms with van der Waals surface area (Å²) < 4.78 is 24.6. The molecule has 2 aromatic heterocycles. The van der Waals surface area contributed by atoms with Gasteiger partial charge in [-0.1, -0.05) is 42.5 Å². The van der Waals surface area contributed by atoms with Gasteiger partial charge in [0.15, 0.2) is 0 Å². The molecular formula is C22H19FN2O. The number of para-hydroxylation sites is 1. The Kier molecular flexibility index (Phi) is 3.38. The first-order chi connectivity index (χ1) is 12.8. The number of ether oxygens (including phenoxy) is 1. The lowest BCUT2D eigenvalue weighted by Crippen LogP contribution is -2.36. The second kappa shape index (κ2) is 5.77. The Morgan fingerprint density at radius 1 is 1.27 bits per heavy atom. The molecule has 130 valence electrons. The lowest BCUT2D eigenvalue weighted by molar-refractivity contribution is -0.568.